The topological polar surface area (TPSA) is 45.9 Å². The second kappa shape index (κ2) is 6.05. The molecule has 22 heavy (non-hydrogen) atoms. The van der Waals surface area contributed by atoms with Crippen LogP contribution in [0.2, 0.25) is 0 Å². The van der Waals surface area contributed by atoms with E-state index in [-0.39, 0.29) is 5.92 Å². The van der Waals surface area contributed by atoms with E-state index in [1.54, 1.807) is 6.26 Å². The van der Waals surface area contributed by atoms with Gasteiger partial charge in [0.2, 0.25) is 5.91 Å². The number of nitrogens with zero attached hydrogens (tertiary/aromatic N) is 2. The molecule has 120 valence electrons. The summed E-state index contributed by atoms with van der Waals surface area (Å²) in [4.78, 5) is 17.2. The fraction of sp³-hybridized carbons (Fsp3) is 0.706. The van der Waals surface area contributed by atoms with Crippen molar-refractivity contribution in [3.05, 3.63) is 24.2 Å². The average Bonchev–Trinajstić information content (AvgIpc) is 3.18. The molecule has 1 aromatic heterocycles. The minimum Gasteiger partial charge on any atom is -0.468 e. The molecule has 5 nitrogen and oxygen atoms in total. The molecular weight excluding hydrogens is 280 g/mol. The van der Waals surface area contributed by atoms with Crippen LogP contribution in [0.25, 0.3) is 0 Å². The molecule has 0 saturated carbocycles. The molecule has 1 amide bonds. The standard InChI is InChI=1S/C17H24N2O3/c20-17(15-3-5-21-12-15)19-9-13-6-14(10-19)8-18(7-13)11-16-2-1-4-22-16/h1-2,4,13-15H,3,5-12H2/t13-,14-,15-/m0/s1. The van der Waals surface area contributed by atoms with Gasteiger partial charge in [0.25, 0.3) is 0 Å². The van der Waals surface area contributed by atoms with Gasteiger partial charge in [0, 0.05) is 32.8 Å². The van der Waals surface area contributed by atoms with E-state index in [4.69, 9.17) is 9.15 Å². The van der Waals surface area contributed by atoms with Crippen LogP contribution >= 0.6 is 0 Å². The van der Waals surface area contributed by atoms with Gasteiger partial charge in [0.1, 0.15) is 5.76 Å². The lowest BCUT2D eigenvalue weighted by atomic mass is 9.84. The summed E-state index contributed by atoms with van der Waals surface area (Å²) >= 11 is 0. The molecule has 0 spiro atoms. The fourth-order valence-electron chi connectivity index (χ4n) is 4.31. The van der Waals surface area contributed by atoms with Crippen LogP contribution in [0.3, 0.4) is 0 Å². The van der Waals surface area contributed by atoms with Crippen molar-refractivity contribution in [3.8, 4) is 0 Å². The number of hydrogen-bond donors (Lipinski definition) is 0. The van der Waals surface area contributed by atoms with Crippen molar-refractivity contribution in [2.24, 2.45) is 17.8 Å². The van der Waals surface area contributed by atoms with E-state index >= 15 is 0 Å². The molecule has 5 heteroatoms. The SMILES string of the molecule is O=C([C@H]1CCOC1)N1C[C@H]2C[C@@H](CN(Cc3ccco3)C2)C1. The van der Waals surface area contributed by atoms with E-state index in [0.717, 1.165) is 51.5 Å². The quantitative estimate of drug-likeness (QED) is 0.851. The normalized spacial score (nSPS) is 32.4. The summed E-state index contributed by atoms with van der Waals surface area (Å²) in [5.41, 5.74) is 0. The van der Waals surface area contributed by atoms with Gasteiger partial charge in [-0.05, 0) is 36.8 Å². The fourth-order valence-corrected chi connectivity index (χ4v) is 4.31. The van der Waals surface area contributed by atoms with E-state index in [9.17, 15) is 4.79 Å². The highest BCUT2D eigenvalue weighted by atomic mass is 16.5. The molecule has 0 radical (unpaired) electrons. The zero-order valence-corrected chi connectivity index (χ0v) is 12.9. The van der Waals surface area contributed by atoms with Gasteiger partial charge in [-0.3, -0.25) is 9.69 Å². The van der Waals surface area contributed by atoms with E-state index in [2.05, 4.69) is 9.80 Å². The van der Waals surface area contributed by atoms with Crippen molar-refractivity contribution >= 4 is 5.91 Å². The molecule has 2 bridgehead atoms. The minimum atomic E-state index is 0.109. The van der Waals surface area contributed by atoms with Crippen LogP contribution in [0, 0.1) is 17.8 Å². The van der Waals surface area contributed by atoms with Gasteiger partial charge < -0.3 is 14.1 Å². The van der Waals surface area contributed by atoms with Gasteiger partial charge in [0.05, 0.1) is 25.3 Å². The van der Waals surface area contributed by atoms with Crippen LogP contribution in [-0.2, 0) is 16.1 Å². The lowest BCUT2D eigenvalue weighted by molar-refractivity contribution is -0.140. The summed E-state index contributed by atoms with van der Waals surface area (Å²) in [6, 6.07) is 3.99. The Hall–Kier alpha value is -1.33. The number of piperidine rings is 2. The third kappa shape index (κ3) is 2.92. The summed E-state index contributed by atoms with van der Waals surface area (Å²) in [5.74, 6) is 2.68. The Bertz CT molecular complexity index is 496. The molecule has 3 aliphatic rings. The molecule has 3 saturated heterocycles. The van der Waals surface area contributed by atoms with Gasteiger partial charge in [-0.15, -0.1) is 0 Å². The van der Waals surface area contributed by atoms with Gasteiger partial charge in [-0.2, -0.15) is 0 Å². The summed E-state index contributed by atoms with van der Waals surface area (Å²) in [7, 11) is 0. The Balaban J connectivity index is 1.36. The monoisotopic (exact) mass is 304 g/mol. The second-order valence-electron chi connectivity index (χ2n) is 7.04. The molecule has 3 fully saturated rings. The van der Waals surface area contributed by atoms with Crippen LogP contribution in [0.5, 0.6) is 0 Å². The third-order valence-electron chi connectivity index (χ3n) is 5.21. The Labute approximate surface area is 131 Å². The van der Waals surface area contributed by atoms with Crippen LogP contribution in [-0.4, -0.2) is 55.1 Å². The number of likely N-dealkylation sites (tertiary alicyclic amines) is 2. The number of furan rings is 1. The zero-order valence-electron chi connectivity index (χ0n) is 12.9. The Morgan fingerprint density at radius 1 is 1.23 bits per heavy atom. The lowest BCUT2D eigenvalue weighted by Gasteiger charge is -2.46. The maximum Gasteiger partial charge on any atom is 0.228 e. The summed E-state index contributed by atoms with van der Waals surface area (Å²) in [6.07, 6.45) is 3.90. The summed E-state index contributed by atoms with van der Waals surface area (Å²) in [6.45, 7) is 6.24. The number of amides is 1. The maximum absolute atomic E-state index is 12.6. The smallest absolute Gasteiger partial charge is 0.228 e. The molecule has 0 N–H and O–H groups in total. The van der Waals surface area contributed by atoms with Gasteiger partial charge >= 0.3 is 0 Å². The molecule has 0 unspecified atom stereocenters. The highest BCUT2D eigenvalue weighted by Crippen LogP contribution is 2.31. The lowest BCUT2D eigenvalue weighted by Crippen LogP contribution is -2.54. The zero-order chi connectivity index (χ0) is 14.9. The first-order valence-electron chi connectivity index (χ1n) is 8.39. The van der Waals surface area contributed by atoms with E-state index in [0.29, 0.717) is 24.3 Å². The minimum absolute atomic E-state index is 0.109. The number of ether oxygens (including phenoxy) is 1. The molecule has 4 rings (SSSR count). The number of hydrogen-bond acceptors (Lipinski definition) is 4. The Morgan fingerprint density at radius 2 is 2.05 bits per heavy atom. The number of carbonyl (C=O) groups is 1. The number of fused-ring (bicyclic) bond motifs is 2. The first-order valence-corrected chi connectivity index (χ1v) is 8.39. The number of rotatable bonds is 3. The van der Waals surface area contributed by atoms with Crippen LogP contribution < -0.4 is 0 Å². The Morgan fingerprint density at radius 3 is 2.68 bits per heavy atom. The molecule has 0 aliphatic carbocycles. The molecule has 3 atom stereocenters. The molecule has 4 heterocycles. The number of carbonyl (C=O) groups excluding carboxylic acids is 1. The Kier molecular flexibility index (Phi) is 3.92. The van der Waals surface area contributed by atoms with Crippen molar-refractivity contribution in [1.82, 2.24) is 9.80 Å². The van der Waals surface area contributed by atoms with Gasteiger partial charge in [-0.1, -0.05) is 0 Å². The van der Waals surface area contributed by atoms with Crippen molar-refractivity contribution in [3.63, 3.8) is 0 Å². The highest BCUT2D eigenvalue weighted by molar-refractivity contribution is 5.79. The first-order chi connectivity index (χ1) is 10.8. The van der Waals surface area contributed by atoms with Crippen molar-refractivity contribution in [1.29, 1.82) is 0 Å². The largest absolute Gasteiger partial charge is 0.468 e. The predicted octanol–water partition coefficient (Wildman–Crippen LogP) is 1.60. The van der Waals surface area contributed by atoms with E-state index in [1.165, 1.54) is 6.42 Å². The molecule has 1 aromatic rings. The summed E-state index contributed by atoms with van der Waals surface area (Å²) in [5, 5.41) is 0. The van der Waals surface area contributed by atoms with Crippen molar-refractivity contribution in [2.75, 3.05) is 39.4 Å². The van der Waals surface area contributed by atoms with Gasteiger partial charge in [0.15, 0.2) is 0 Å². The van der Waals surface area contributed by atoms with Crippen LogP contribution in [0.15, 0.2) is 22.8 Å². The molecule has 0 aromatic carbocycles. The first kappa shape index (κ1) is 14.3. The van der Waals surface area contributed by atoms with E-state index < -0.39 is 0 Å². The average molecular weight is 304 g/mol. The molecule has 3 aliphatic heterocycles. The molecular formula is C17H24N2O3. The van der Waals surface area contributed by atoms with Crippen LogP contribution in [0.4, 0.5) is 0 Å². The predicted molar refractivity (Wildman–Crippen MR) is 81.1 cm³/mol. The van der Waals surface area contributed by atoms with Crippen LogP contribution in [0.1, 0.15) is 18.6 Å². The highest BCUT2D eigenvalue weighted by Gasteiger charge is 2.38. The third-order valence-corrected chi connectivity index (χ3v) is 5.21. The second-order valence-corrected chi connectivity index (χ2v) is 7.04. The van der Waals surface area contributed by atoms with Crippen molar-refractivity contribution < 1.29 is 13.9 Å². The maximum atomic E-state index is 12.6. The van der Waals surface area contributed by atoms with Crippen molar-refractivity contribution in [2.45, 2.75) is 19.4 Å². The van der Waals surface area contributed by atoms with E-state index in [1.807, 2.05) is 12.1 Å². The summed E-state index contributed by atoms with van der Waals surface area (Å²) < 4.78 is 10.8. The van der Waals surface area contributed by atoms with Gasteiger partial charge in [-0.25, -0.2) is 0 Å².